The van der Waals surface area contributed by atoms with Gasteiger partial charge in [0.1, 0.15) is 4.64 Å². The average Bonchev–Trinajstić information content (AvgIpc) is 1.82. The first kappa shape index (κ1) is 9.19. The van der Waals surface area contributed by atoms with Crippen LogP contribution in [-0.2, 0) is 5.54 Å². The SMILES string of the molecule is CC(C)(C)n1c(=S)cc[nH]c1=O. The third-order valence-electron chi connectivity index (χ3n) is 1.53. The summed E-state index contributed by atoms with van der Waals surface area (Å²) in [6, 6.07) is 1.71. The van der Waals surface area contributed by atoms with E-state index in [2.05, 4.69) is 4.98 Å². The first-order valence-corrected chi connectivity index (χ1v) is 4.15. The van der Waals surface area contributed by atoms with Crippen LogP contribution in [-0.4, -0.2) is 9.55 Å². The van der Waals surface area contributed by atoms with E-state index in [1.54, 1.807) is 16.8 Å². The predicted octanol–water partition coefficient (Wildman–Crippen LogP) is 1.66. The van der Waals surface area contributed by atoms with Crippen molar-refractivity contribution in [2.24, 2.45) is 0 Å². The van der Waals surface area contributed by atoms with Crippen molar-refractivity contribution in [2.45, 2.75) is 26.3 Å². The third kappa shape index (κ3) is 1.64. The minimum Gasteiger partial charge on any atom is -0.314 e. The van der Waals surface area contributed by atoms with Crippen LogP contribution >= 0.6 is 12.2 Å². The smallest absolute Gasteiger partial charge is 0.314 e. The Morgan fingerprint density at radius 1 is 1.50 bits per heavy atom. The molecule has 1 aromatic rings. The monoisotopic (exact) mass is 184 g/mol. The molecule has 0 unspecified atom stereocenters. The highest BCUT2D eigenvalue weighted by Crippen LogP contribution is 2.10. The van der Waals surface area contributed by atoms with Crippen molar-refractivity contribution < 1.29 is 0 Å². The Bertz CT molecular complexity index is 355. The number of nitrogens with one attached hydrogen (secondary N) is 1. The molecule has 1 aromatic heterocycles. The molecule has 1 N–H and O–H groups in total. The summed E-state index contributed by atoms with van der Waals surface area (Å²) >= 11 is 5.03. The van der Waals surface area contributed by atoms with Crippen LogP contribution in [0.15, 0.2) is 17.1 Å². The molecular weight excluding hydrogens is 172 g/mol. The largest absolute Gasteiger partial charge is 0.326 e. The zero-order valence-electron chi connectivity index (χ0n) is 7.42. The molecule has 0 aromatic carbocycles. The minimum absolute atomic E-state index is 0.157. The van der Waals surface area contributed by atoms with E-state index in [1.807, 2.05) is 20.8 Å². The first-order valence-electron chi connectivity index (χ1n) is 3.74. The van der Waals surface area contributed by atoms with Crippen LogP contribution in [0.5, 0.6) is 0 Å². The molecule has 3 nitrogen and oxygen atoms in total. The zero-order chi connectivity index (χ0) is 9.35. The number of hydrogen-bond donors (Lipinski definition) is 1. The van der Waals surface area contributed by atoms with Gasteiger partial charge in [-0.1, -0.05) is 12.2 Å². The van der Waals surface area contributed by atoms with E-state index in [-0.39, 0.29) is 11.2 Å². The number of aromatic nitrogens is 2. The summed E-state index contributed by atoms with van der Waals surface area (Å²) in [6.45, 7) is 5.83. The number of H-pyrrole nitrogens is 1. The lowest BCUT2D eigenvalue weighted by molar-refractivity contribution is 0.373. The van der Waals surface area contributed by atoms with E-state index < -0.39 is 0 Å². The summed E-state index contributed by atoms with van der Waals surface area (Å²) in [5, 5.41) is 0. The highest BCUT2D eigenvalue weighted by Gasteiger charge is 2.14. The maximum atomic E-state index is 11.3. The van der Waals surface area contributed by atoms with Gasteiger partial charge in [-0.05, 0) is 26.8 Å². The van der Waals surface area contributed by atoms with Gasteiger partial charge in [0.2, 0.25) is 0 Å². The molecular formula is C8H12N2OS. The maximum absolute atomic E-state index is 11.3. The molecule has 66 valence electrons. The van der Waals surface area contributed by atoms with E-state index in [9.17, 15) is 4.79 Å². The van der Waals surface area contributed by atoms with Gasteiger partial charge in [-0.2, -0.15) is 0 Å². The van der Waals surface area contributed by atoms with E-state index >= 15 is 0 Å². The fraction of sp³-hybridized carbons (Fsp3) is 0.500. The highest BCUT2D eigenvalue weighted by molar-refractivity contribution is 7.71. The van der Waals surface area contributed by atoms with Gasteiger partial charge in [-0.3, -0.25) is 4.57 Å². The van der Waals surface area contributed by atoms with Gasteiger partial charge in [0.05, 0.1) is 0 Å². The quantitative estimate of drug-likeness (QED) is 0.623. The van der Waals surface area contributed by atoms with Crippen LogP contribution in [0.25, 0.3) is 0 Å². The van der Waals surface area contributed by atoms with E-state index in [4.69, 9.17) is 12.2 Å². The number of hydrogen-bond acceptors (Lipinski definition) is 2. The summed E-state index contributed by atoms with van der Waals surface area (Å²) in [6.07, 6.45) is 1.56. The Balaban J connectivity index is 3.53. The van der Waals surface area contributed by atoms with Gasteiger partial charge in [0, 0.05) is 11.7 Å². The second-order valence-corrected chi connectivity index (χ2v) is 4.05. The Labute approximate surface area is 76.1 Å². The molecule has 4 heteroatoms. The van der Waals surface area contributed by atoms with E-state index in [0.29, 0.717) is 4.64 Å². The number of nitrogens with zero attached hydrogens (tertiary/aromatic N) is 1. The first-order chi connectivity index (χ1) is 5.43. The summed E-state index contributed by atoms with van der Waals surface area (Å²) in [4.78, 5) is 13.9. The van der Waals surface area contributed by atoms with Crippen LogP contribution in [0.4, 0.5) is 0 Å². The van der Waals surface area contributed by atoms with E-state index in [0.717, 1.165) is 0 Å². The molecule has 0 atom stereocenters. The van der Waals surface area contributed by atoms with Crippen LogP contribution in [0, 0.1) is 4.64 Å². The van der Waals surface area contributed by atoms with Gasteiger partial charge >= 0.3 is 5.69 Å². The molecule has 0 saturated carbocycles. The van der Waals surface area contributed by atoms with Crippen molar-refractivity contribution in [1.29, 1.82) is 0 Å². The normalized spacial score (nSPS) is 11.6. The van der Waals surface area contributed by atoms with Crippen molar-refractivity contribution in [1.82, 2.24) is 9.55 Å². The summed E-state index contributed by atoms with van der Waals surface area (Å²) in [7, 11) is 0. The lowest BCUT2D eigenvalue weighted by Gasteiger charge is -2.21. The maximum Gasteiger partial charge on any atom is 0.326 e. The molecule has 0 aliphatic rings. The van der Waals surface area contributed by atoms with Crippen molar-refractivity contribution in [3.8, 4) is 0 Å². The molecule has 0 bridgehead atoms. The predicted molar refractivity (Wildman–Crippen MR) is 50.9 cm³/mol. The van der Waals surface area contributed by atoms with Gasteiger partial charge in [0.25, 0.3) is 0 Å². The van der Waals surface area contributed by atoms with Crippen molar-refractivity contribution in [2.75, 3.05) is 0 Å². The average molecular weight is 184 g/mol. The third-order valence-corrected chi connectivity index (χ3v) is 1.85. The van der Waals surface area contributed by atoms with Gasteiger partial charge in [-0.15, -0.1) is 0 Å². The molecule has 0 radical (unpaired) electrons. The zero-order valence-corrected chi connectivity index (χ0v) is 8.23. The topological polar surface area (TPSA) is 37.8 Å². The van der Waals surface area contributed by atoms with Crippen LogP contribution < -0.4 is 5.69 Å². The summed E-state index contributed by atoms with van der Waals surface area (Å²) in [5.41, 5.74) is -0.415. The van der Waals surface area contributed by atoms with Crippen molar-refractivity contribution in [3.05, 3.63) is 27.4 Å². The lowest BCUT2D eigenvalue weighted by atomic mass is 10.1. The summed E-state index contributed by atoms with van der Waals surface area (Å²) < 4.78 is 2.12. The summed E-state index contributed by atoms with van der Waals surface area (Å²) in [5.74, 6) is 0. The van der Waals surface area contributed by atoms with Crippen molar-refractivity contribution >= 4 is 12.2 Å². The second-order valence-electron chi connectivity index (χ2n) is 3.63. The fourth-order valence-electron chi connectivity index (χ4n) is 1.06. The Morgan fingerprint density at radius 2 is 2.08 bits per heavy atom. The standard InChI is InChI=1S/C8H12N2OS/c1-8(2,3)10-6(12)4-5-9-7(10)11/h4-5H,1-3H3,(H,9,11). The number of aromatic amines is 1. The molecule has 0 aliphatic heterocycles. The van der Waals surface area contributed by atoms with Crippen LogP contribution in [0.3, 0.4) is 0 Å². The van der Waals surface area contributed by atoms with Gasteiger partial charge < -0.3 is 4.98 Å². The van der Waals surface area contributed by atoms with Crippen molar-refractivity contribution in [3.63, 3.8) is 0 Å². The second kappa shape index (κ2) is 2.86. The van der Waals surface area contributed by atoms with Crippen LogP contribution in [0.2, 0.25) is 0 Å². The molecule has 12 heavy (non-hydrogen) atoms. The molecule has 0 spiro atoms. The van der Waals surface area contributed by atoms with Gasteiger partial charge in [0.15, 0.2) is 0 Å². The van der Waals surface area contributed by atoms with Gasteiger partial charge in [-0.25, -0.2) is 4.79 Å². The molecule has 1 rings (SSSR count). The fourth-order valence-corrected chi connectivity index (χ4v) is 1.48. The molecule has 1 heterocycles. The minimum atomic E-state index is -0.258. The Morgan fingerprint density at radius 3 is 2.42 bits per heavy atom. The Hall–Kier alpha value is -0.900. The van der Waals surface area contributed by atoms with Crippen LogP contribution in [0.1, 0.15) is 20.8 Å². The number of rotatable bonds is 0. The lowest BCUT2D eigenvalue weighted by Crippen LogP contribution is -2.35. The molecule has 0 aliphatic carbocycles. The molecule has 0 amide bonds. The molecule has 0 fully saturated rings. The van der Waals surface area contributed by atoms with E-state index in [1.165, 1.54) is 0 Å². The molecule has 0 saturated heterocycles. The Kier molecular flexibility index (Phi) is 2.19. The highest BCUT2D eigenvalue weighted by atomic mass is 32.1.